The highest BCUT2D eigenvalue weighted by Gasteiger charge is 2.39. The molecule has 1 saturated carbocycles. The molecule has 1 saturated heterocycles. The Morgan fingerprint density at radius 2 is 1.91 bits per heavy atom. The van der Waals surface area contributed by atoms with Gasteiger partial charge in [0.15, 0.2) is 0 Å². The fourth-order valence-electron chi connectivity index (χ4n) is 5.13. The van der Waals surface area contributed by atoms with Crippen molar-refractivity contribution in [2.45, 2.75) is 45.1 Å². The van der Waals surface area contributed by atoms with E-state index in [0.29, 0.717) is 12.1 Å². The van der Waals surface area contributed by atoms with E-state index >= 15 is 0 Å². The Hall–Kier alpha value is -3.28. The summed E-state index contributed by atoms with van der Waals surface area (Å²) in [5.41, 5.74) is 3.45. The largest absolute Gasteiger partial charge is 0.446 e. The molecule has 172 valence electrons. The molecule has 0 bridgehead atoms. The Morgan fingerprint density at radius 1 is 1.18 bits per heavy atom. The lowest BCUT2D eigenvalue weighted by Gasteiger charge is -2.31. The SMILES string of the molecule is C=Nc1ccc(F)cc1/C(=C\C)[C@H]1CC[C@@H](CC(=O)N2C(=O)OC[C@H]2c2ccccc2)CC1. The fraction of sp³-hybridized carbons (Fsp3) is 0.370. The van der Waals surface area contributed by atoms with E-state index in [9.17, 15) is 14.0 Å². The topological polar surface area (TPSA) is 59.0 Å². The van der Waals surface area contributed by atoms with Gasteiger partial charge in [-0.15, -0.1) is 0 Å². The number of allylic oxidation sites excluding steroid dienone is 2. The summed E-state index contributed by atoms with van der Waals surface area (Å²) < 4.78 is 19.1. The Morgan fingerprint density at radius 3 is 2.58 bits per heavy atom. The molecule has 0 spiro atoms. The number of hydrogen-bond acceptors (Lipinski definition) is 4. The zero-order chi connectivity index (χ0) is 23.4. The summed E-state index contributed by atoms with van der Waals surface area (Å²) in [5.74, 6) is 0.0181. The first kappa shape index (κ1) is 22.9. The highest BCUT2D eigenvalue weighted by molar-refractivity contribution is 5.93. The van der Waals surface area contributed by atoms with Gasteiger partial charge in [-0.3, -0.25) is 9.79 Å². The molecule has 2 aromatic carbocycles. The number of amides is 2. The number of rotatable bonds is 6. The van der Waals surface area contributed by atoms with Gasteiger partial charge in [0.1, 0.15) is 18.5 Å². The van der Waals surface area contributed by atoms with Crippen molar-refractivity contribution in [3.63, 3.8) is 0 Å². The molecule has 2 aliphatic rings. The van der Waals surface area contributed by atoms with E-state index in [-0.39, 0.29) is 36.2 Å². The summed E-state index contributed by atoms with van der Waals surface area (Å²) in [6, 6.07) is 13.7. The average molecular weight is 449 g/mol. The first-order valence-electron chi connectivity index (χ1n) is 11.5. The molecular formula is C27H29FN2O3. The number of halogens is 1. The van der Waals surface area contributed by atoms with Crippen molar-refractivity contribution in [2.24, 2.45) is 16.8 Å². The third-order valence-corrected chi connectivity index (χ3v) is 6.83. The van der Waals surface area contributed by atoms with Crippen molar-refractivity contribution in [1.82, 2.24) is 4.90 Å². The minimum Gasteiger partial charge on any atom is -0.446 e. The highest BCUT2D eigenvalue weighted by Crippen LogP contribution is 2.42. The van der Waals surface area contributed by atoms with E-state index in [4.69, 9.17) is 4.74 Å². The number of carbonyl (C=O) groups is 2. The molecule has 0 N–H and O–H groups in total. The van der Waals surface area contributed by atoms with Crippen LogP contribution in [0, 0.1) is 17.7 Å². The van der Waals surface area contributed by atoms with Gasteiger partial charge < -0.3 is 4.74 Å². The zero-order valence-corrected chi connectivity index (χ0v) is 18.9. The third-order valence-electron chi connectivity index (χ3n) is 6.83. The maximum absolute atomic E-state index is 13.9. The molecule has 2 fully saturated rings. The smallest absolute Gasteiger partial charge is 0.417 e. The van der Waals surface area contributed by atoms with Gasteiger partial charge in [0.2, 0.25) is 5.91 Å². The van der Waals surface area contributed by atoms with Crippen LogP contribution in [0.4, 0.5) is 14.9 Å². The second-order valence-corrected chi connectivity index (χ2v) is 8.75. The molecule has 5 nitrogen and oxygen atoms in total. The summed E-state index contributed by atoms with van der Waals surface area (Å²) >= 11 is 0. The first-order chi connectivity index (χ1) is 16.0. The molecule has 0 aromatic heterocycles. The summed E-state index contributed by atoms with van der Waals surface area (Å²) in [6.45, 7) is 5.78. The summed E-state index contributed by atoms with van der Waals surface area (Å²) in [4.78, 5) is 30.7. The monoisotopic (exact) mass is 448 g/mol. The Labute approximate surface area is 194 Å². The molecule has 2 amide bonds. The fourth-order valence-corrected chi connectivity index (χ4v) is 5.13. The number of carbonyl (C=O) groups excluding carboxylic acids is 2. The average Bonchev–Trinajstić information content (AvgIpc) is 3.23. The van der Waals surface area contributed by atoms with E-state index < -0.39 is 6.09 Å². The van der Waals surface area contributed by atoms with Gasteiger partial charge in [-0.2, -0.15) is 0 Å². The molecule has 2 aromatic rings. The number of benzene rings is 2. The van der Waals surface area contributed by atoms with Crippen LogP contribution in [0.25, 0.3) is 5.57 Å². The molecule has 4 rings (SSSR count). The number of nitrogens with zero attached hydrogens (tertiary/aromatic N) is 2. The van der Waals surface area contributed by atoms with E-state index in [2.05, 4.69) is 11.7 Å². The Balaban J connectivity index is 1.40. The third kappa shape index (κ3) is 4.90. The van der Waals surface area contributed by atoms with Crippen molar-refractivity contribution < 1.29 is 18.7 Å². The van der Waals surface area contributed by atoms with Crippen LogP contribution in [0.1, 0.15) is 56.2 Å². The van der Waals surface area contributed by atoms with Crippen LogP contribution in [0.5, 0.6) is 0 Å². The number of aliphatic imine (C=N–C) groups is 1. The summed E-state index contributed by atoms with van der Waals surface area (Å²) in [7, 11) is 0. The Bertz CT molecular complexity index is 1060. The molecular weight excluding hydrogens is 419 g/mol. The van der Waals surface area contributed by atoms with Gasteiger partial charge in [-0.25, -0.2) is 14.1 Å². The van der Waals surface area contributed by atoms with E-state index in [1.54, 1.807) is 6.07 Å². The molecule has 1 atom stereocenters. The maximum Gasteiger partial charge on any atom is 0.417 e. The predicted molar refractivity (Wildman–Crippen MR) is 127 cm³/mol. The van der Waals surface area contributed by atoms with Gasteiger partial charge in [0, 0.05) is 12.0 Å². The van der Waals surface area contributed by atoms with Crippen molar-refractivity contribution in [3.05, 3.63) is 71.6 Å². The number of cyclic esters (lactones) is 1. The van der Waals surface area contributed by atoms with Gasteiger partial charge in [-0.1, -0.05) is 36.4 Å². The second kappa shape index (κ2) is 10.1. The molecule has 0 radical (unpaired) electrons. The van der Waals surface area contributed by atoms with Crippen molar-refractivity contribution >= 4 is 30.0 Å². The van der Waals surface area contributed by atoms with E-state index in [1.165, 1.54) is 17.0 Å². The van der Waals surface area contributed by atoms with Crippen molar-refractivity contribution in [3.8, 4) is 0 Å². The van der Waals surface area contributed by atoms with Gasteiger partial charge in [-0.05, 0) is 80.5 Å². The van der Waals surface area contributed by atoms with Crippen molar-refractivity contribution in [2.75, 3.05) is 6.61 Å². The minimum absolute atomic E-state index is 0.177. The molecule has 6 heteroatoms. The van der Waals surface area contributed by atoms with Crippen molar-refractivity contribution in [1.29, 1.82) is 0 Å². The van der Waals surface area contributed by atoms with Crippen LogP contribution >= 0.6 is 0 Å². The lowest BCUT2D eigenvalue weighted by molar-refractivity contribution is -0.130. The van der Waals surface area contributed by atoms with Crippen LogP contribution < -0.4 is 0 Å². The second-order valence-electron chi connectivity index (χ2n) is 8.75. The van der Waals surface area contributed by atoms with E-state index in [1.807, 2.05) is 43.3 Å². The van der Waals surface area contributed by atoms with Crippen LogP contribution in [-0.2, 0) is 9.53 Å². The maximum atomic E-state index is 13.9. The lowest BCUT2D eigenvalue weighted by Crippen LogP contribution is -2.35. The Kier molecular flexibility index (Phi) is 7.02. The molecule has 1 aliphatic carbocycles. The summed E-state index contributed by atoms with van der Waals surface area (Å²) in [5, 5.41) is 0. The number of imide groups is 1. The molecule has 0 unspecified atom stereocenters. The van der Waals surface area contributed by atoms with Gasteiger partial charge >= 0.3 is 6.09 Å². The van der Waals surface area contributed by atoms with Crippen LogP contribution in [0.2, 0.25) is 0 Å². The number of ether oxygens (including phenoxy) is 1. The molecule has 1 heterocycles. The van der Waals surface area contributed by atoms with Crippen LogP contribution in [-0.4, -0.2) is 30.2 Å². The first-order valence-corrected chi connectivity index (χ1v) is 11.5. The minimum atomic E-state index is -0.561. The van der Waals surface area contributed by atoms with Crippen LogP contribution in [0.3, 0.4) is 0 Å². The summed E-state index contributed by atoms with van der Waals surface area (Å²) in [6.07, 6.45) is 5.35. The zero-order valence-electron chi connectivity index (χ0n) is 18.9. The molecule has 33 heavy (non-hydrogen) atoms. The highest BCUT2D eigenvalue weighted by atomic mass is 19.1. The predicted octanol–water partition coefficient (Wildman–Crippen LogP) is 6.48. The molecule has 1 aliphatic heterocycles. The van der Waals surface area contributed by atoms with Crippen LogP contribution in [0.15, 0.2) is 59.6 Å². The van der Waals surface area contributed by atoms with E-state index in [0.717, 1.165) is 42.4 Å². The quantitative estimate of drug-likeness (QED) is 0.475. The lowest BCUT2D eigenvalue weighted by atomic mass is 9.75. The normalized spacial score (nSPS) is 23.3. The number of hydrogen-bond donors (Lipinski definition) is 0. The van der Waals surface area contributed by atoms with Gasteiger partial charge in [0.25, 0.3) is 0 Å². The van der Waals surface area contributed by atoms with Gasteiger partial charge in [0.05, 0.1) is 5.69 Å². The standard InChI is InChI=1S/C27H29FN2O3/c1-3-22(23-16-21(28)13-14-24(23)29-2)19-11-9-18(10-12-19)15-26(31)30-25(17-33-27(30)32)20-7-5-4-6-8-20/h3-8,13-14,16,18-19,25H,2,9-12,15,17H2,1H3/b22-3-/t18-,19+,25-/m0/s1.